The topological polar surface area (TPSA) is 133 Å². The second-order valence-electron chi connectivity index (χ2n) is 6.67. The van der Waals surface area contributed by atoms with Crippen LogP contribution in [0.1, 0.15) is 41.8 Å². The van der Waals surface area contributed by atoms with Gasteiger partial charge in [0.1, 0.15) is 23.7 Å². The second kappa shape index (κ2) is 7.49. The van der Waals surface area contributed by atoms with Gasteiger partial charge in [-0.3, -0.25) is 0 Å². The van der Waals surface area contributed by atoms with Crippen molar-refractivity contribution in [1.29, 1.82) is 10.5 Å². The lowest BCUT2D eigenvalue weighted by Crippen LogP contribution is -2.22. The third-order valence-electron chi connectivity index (χ3n) is 4.84. The van der Waals surface area contributed by atoms with Crippen LogP contribution in [-0.4, -0.2) is 22.2 Å². The van der Waals surface area contributed by atoms with Crippen molar-refractivity contribution in [2.24, 2.45) is 0 Å². The molecule has 1 heterocycles. The number of benzene rings is 1. The third-order valence-corrected chi connectivity index (χ3v) is 4.84. The van der Waals surface area contributed by atoms with E-state index in [-0.39, 0.29) is 5.82 Å². The summed E-state index contributed by atoms with van der Waals surface area (Å²) in [5.74, 6) is -0.491. The highest BCUT2D eigenvalue weighted by molar-refractivity contribution is 6.08. The molecule has 0 bridgehead atoms. The Hall–Kier alpha value is -4.10. The van der Waals surface area contributed by atoms with Crippen molar-refractivity contribution in [3.8, 4) is 17.9 Å². The van der Waals surface area contributed by atoms with E-state index in [1.54, 1.807) is 31.2 Å². The van der Waals surface area contributed by atoms with E-state index in [0.29, 0.717) is 28.1 Å². The summed E-state index contributed by atoms with van der Waals surface area (Å²) in [5.41, 5.74) is 10.9. The average Bonchev–Trinajstić information content (AvgIpc) is 2.94. The van der Waals surface area contributed by atoms with Crippen molar-refractivity contribution < 1.29 is 14.6 Å². The number of nitrogen functional groups attached to an aromatic ring is 1. The Balaban J connectivity index is 2.07. The Morgan fingerprint density at radius 3 is 2.45 bits per heavy atom. The second-order valence-corrected chi connectivity index (χ2v) is 6.67. The maximum atomic E-state index is 10.9. The van der Waals surface area contributed by atoms with E-state index < -0.39 is 12.1 Å². The molecule has 0 saturated carbocycles. The maximum absolute atomic E-state index is 10.9. The SMILES string of the molecule is CC1=C(C#N)c2nc(N)c(C#N)c(C)c2C1=Cc1ccc(OC(C)C(=O)O)cc1. The van der Waals surface area contributed by atoms with Crippen molar-refractivity contribution in [3.63, 3.8) is 0 Å². The number of allylic oxidation sites excluding steroid dienone is 3. The lowest BCUT2D eigenvalue weighted by Gasteiger charge is -2.12. The smallest absolute Gasteiger partial charge is 0.344 e. The summed E-state index contributed by atoms with van der Waals surface area (Å²) in [6, 6.07) is 11.2. The van der Waals surface area contributed by atoms with Crippen molar-refractivity contribution in [1.82, 2.24) is 4.98 Å². The number of aromatic nitrogens is 1. The van der Waals surface area contributed by atoms with Crippen LogP contribution in [0.4, 0.5) is 5.82 Å². The molecule has 0 radical (unpaired) electrons. The molecule has 1 aliphatic carbocycles. The lowest BCUT2D eigenvalue weighted by atomic mass is 9.95. The molecule has 1 unspecified atom stereocenters. The number of carbonyl (C=O) groups is 1. The molecular formula is C22H18N4O3. The monoisotopic (exact) mass is 386 g/mol. The Kier molecular flexibility index (Phi) is 5.08. The molecule has 29 heavy (non-hydrogen) atoms. The van der Waals surface area contributed by atoms with Gasteiger partial charge in [0.15, 0.2) is 6.10 Å². The van der Waals surface area contributed by atoms with Crippen LogP contribution in [0.15, 0.2) is 29.8 Å². The number of carboxylic acid groups (broad SMARTS) is 1. The Morgan fingerprint density at radius 1 is 1.24 bits per heavy atom. The normalized spacial score (nSPS) is 14.9. The summed E-state index contributed by atoms with van der Waals surface area (Å²) in [6.07, 6.45) is 0.947. The van der Waals surface area contributed by atoms with Gasteiger partial charge in [0.2, 0.25) is 0 Å². The molecule has 0 fully saturated rings. The highest BCUT2D eigenvalue weighted by atomic mass is 16.5. The van der Waals surface area contributed by atoms with Crippen LogP contribution in [0.2, 0.25) is 0 Å². The number of nitriles is 2. The van der Waals surface area contributed by atoms with E-state index in [1.165, 1.54) is 6.92 Å². The molecule has 2 aromatic rings. The first-order valence-electron chi connectivity index (χ1n) is 8.82. The molecule has 1 aromatic carbocycles. The van der Waals surface area contributed by atoms with Crippen molar-refractivity contribution in [2.75, 3.05) is 5.73 Å². The number of hydrogen-bond acceptors (Lipinski definition) is 6. The van der Waals surface area contributed by atoms with Crippen molar-refractivity contribution in [2.45, 2.75) is 26.9 Å². The molecule has 144 valence electrons. The standard InChI is InChI=1S/C22H18N4O3/c1-11-16(8-14-4-6-15(7-5-14)29-13(3)22(27)28)19-12(2)18(10-24)21(25)26-20(19)17(11)9-23/h4-8,13H,1-3H3,(H2,25,26)(H,27,28). The maximum Gasteiger partial charge on any atom is 0.344 e. The van der Waals surface area contributed by atoms with E-state index in [1.807, 2.05) is 13.0 Å². The van der Waals surface area contributed by atoms with Gasteiger partial charge in [-0.2, -0.15) is 10.5 Å². The summed E-state index contributed by atoms with van der Waals surface area (Å²) in [5, 5.41) is 28.0. The van der Waals surface area contributed by atoms with Gasteiger partial charge in [-0.1, -0.05) is 12.1 Å². The van der Waals surface area contributed by atoms with Crippen molar-refractivity contribution >= 4 is 29.0 Å². The number of ether oxygens (including phenoxy) is 1. The van der Waals surface area contributed by atoms with Crippen LogP contribution in [0.25, 0.3) is 17.2 Å². The number of aliphatic carboxylic acids is 1. The van der Waals surface area contributed by atoms with E-state index in [2.05, 4.69) is 17.1 Å². The quantitative estimate of drug-likeness (QED) is 0.821. The molecule has 1 aliphatic rings. The summed E-state index contributed by atoms with van der Waals surface area (Å²) in [6.45, 7) is 5.08. The molecule has 1 aromatic heterocycles. The molecule has 1 atom stereocenters. The van der Waals surface area contributed by atoms with E-state index >= 15 is 0 Å². The fraction of sp³-hybridized carbons (Fsp3) is 0.182. The fourth-order valence-electron chi connectivity index (χ4n) is 3.26. The minimum atomic E-state index is -1.04. The summed E-state index contributed by atoms with van der Waals surface area (Å²) >= 11 is 0. The summed E-state index contributed by atoms with van der Waals surface area (Å²) in [4.78, 5) is 15.2. The molecular weight excluding hydrogens is 368 g/mol. The minimum Gasteiger partial charge on any atom is -0.479 e. The highest BCUT2D eigenvalue weighted by Gasteiger charge is 2.29. The van der Waals surface area contributed by atoms with Crippen molar-refractivity contribution in [3.05, 3.63) is 57.8 Å². The number of hydrogen-bond donors (Lipinski definition) is 2. The number of fused-ring (bicyclic) bond motifs is 1. The largest absolute Gasteiger partial charge is 0.479 e. The summed E-state index contributed by atoms with van der Waals surface area (Å²) in [7, 11) is 0. The Labute approximate surface area is 168 Å². The van der Waals surface area contributed by atoms with E-state index in [0.717, 1.165) is 22.3 Å². The van der Waals surface area contributed by atoms with Gasteiger partial charge in [-0.25, -0.2) is 9.78 Å². The zero-order valence-corrected chi connectivity index (χ0v) is 16.1. The molecule has 0 saturated heterocycles. The lowest BCUT2D eigenvalue weighted by molar-refractivity contribution is -0.144. The van der Waals surface area contributed by atoms with E-state index in [4.69, 9.17) is 15.6 Å². The number of rotatable bonds is 4. The first kappa shape index (κ1) is 19.7. The van der Waals surface area contributed by atoms with Crippen LogP contribution in [0.5, 0.6) is 5.75 Å². The zero-order chi connectivity index (χ0) is 21.3. The van der Waals surface area contributed by atoms with Crippen LogP contribution in [-0.2, 0) is 4.79 Å². The minimum absolute atomic E-state index is 0.111. The summed E-state index contributed by atoms with van der Waals surface area (Å²) < 4.78 is 5.34. The van der Waals surface area contributed by atoms with Gasteiger partial charge in [0.25, 0.3) is 0 Å². The highest BCUT2D eigenvalue weighted by Crippen LogP contribution is 2.44. The first-order chi connectivity index (χ1) is 13.8. The van der Waals surface area contributed by atoms with Crippen LogP contribution >= 0.6 is 0 Å². The zero-order valence-electron chi connectivity index (χ0n) is 16.1. The number of nitrogens with two attached hydrogens (primary N) is 1. The van der Waals surface area contributed by atoms with Gasteiger partial charge >= 0.3 is 5.97 Å². The number of carboxylic acids is 1. The van der Waals surface area contributed by atoms with Gasteiger partial charge < -0.3 is 15.6 Å². The fourth-order valence-corrected chi connectivity index (χ4v) is 3.26. The number of anilines is 1. The molecule has 3 N–H and O–H groups in total. The molecule has 3 rings (SSSR count). The van der Waals surface area contributed by atoms with Crippen LogP contribution < -0.4 is 10.5 Å². The van der Waals surface area contributed by atoms with Gasteiger partial charge in [-0.15, -0.1) is 0 Å². The first-order valence-corrected chi connectivity index (χ1v) is 8.82. The Bertz CT molecular complexity index is 1160. The van der Waals surface area contributed by atoms with Crippen LogP contribution in [0.3, 0.4) is 0 Å². The predicted octanol–water partition coefficient (Wildman–Crippen LogP) is 3.55. The number of pyridine rings is 1. The molecule has 7 heteroatoms. The molecule has 0 aliphatic heterocycles. The Morgan fingerprint density at radius 2 is 1.90 bits per heavy atom. The predicted molar refractivity (Wildman–Crippen MR) is 108 cm³/mol. The average molecular weight is 386 g/mol. The van der Waals surface area contributed by atoms with Gasteiger partial charge in [-0.05, 0) is 61.3 Å². The molecule has 0 amide bonds. The van der Waals surface area contributed by atoms with Gasteiger partial charge in [0.05, 0.1) is 16.8 Å². The number of nitrogens with zero attached hydrogens (tertiary/aromatic N) is 3. The third kappa shape index (κ3) is 3.42. The van der Waals surface area contributed by atoms with Crippen LogP contribution in [0, 0.1) is 29.6 Å². The molecule has 0 spiro atoms. The van der Waals surface area contributed by atoms with E-state index in [9.17, 15) is 15.3 Å². The van der Waals surface area contributed by atoms with Gasteiger partial charge in [0, 0.05) is 5.56 Å². The molecule has 7 nitrogen and oxygen atoms in total.